The molecule has 0 heterocycles. The van der Waals surface area contributed by atoms with E-state index in [1.807, 2.05) is 36.4 Å². The van der Waals surface area contributed by atoms with Crippen molar-refractivity contribution in [1.82, 2.24) is 5.32 Å². The van der Waals surface area contributed by atoms with Gasteiger partial charge in [-0.15, -0.1) is 18.5 Å². The standard InChI is InChI=1S/C13H18NOP.C7H8NOP.C7H9O4.Pd/c15-13(11-8-4-5-9-12(11)16)14-10-6-2-1-3-7-10;8-7(9)5-3-1-2-4-6(5)10;1-10-6(8)4-3-5-7(9)11-2;/h4-5,8-10H,1-3,6-7,16H2,(H,14,15);1-4H,10H2,(H2,8,9);4H,5H2,1-2H3;/q;;-1;. The molecular weight excluding hydrogens is 617 g/mol. The summed E-state index contributed by atoms with van der Waals surface area (Å²) >= 11 is 0. The zero-order valence-corrected chi connectivity index (χ0v) is 25.4. The fourth-order valence-corrected chi connectivity index (χ4v) is 3.97. The summed E-state index contributed by atoms with van der Waals surface area (Å²) < 4.78 is 8.55. The average Bonchev–Trinajstić information content (AvgIpc) is 2.90. The Morgan fingerprint density at radius 3 is 1.89 bits per heavy atom. The molecule has 2 aromatic rings. The summed E-state index contributed by atoms with van der Waals surface area (Å²) in [5.41, 5.74) is 6.40. The first kappa shape index (κ1) is 35.6. The van der Waals surface area contributed by atoms with Gasteiger partial charge in [-0.2, -0.15) is 6.08 Å². The number of nitrogens with one attached hydrogen (secondary N) is 1. The van der Waals surface area contributed by atoms with Crippen LogP contribution in [0.2, 0.25) is 0 Å². The average molecular weight is 652 g/mol. The van der Waals surface area contributed by atoms with Gasteiger partial charge >= 0.3 is 0 Å². The fraction of sp³-hybridized carbons (Fsp3) is 0.333. The van der Waals surface area contributed by atoms with Crippen LogP contribution >= 0.6 is 18.5 Å². The molecule has 1 aliphatic carbocycles. The van der Waals surface area contributed by atoms with Crippen molar-refractivity contribution in [3.05, 3.63) is 71.8 Å². The first-order chi connectivity index (χ1) is 17.7. The molecule has 11 heteroatoms. The van der Waals surface area contributed by atoms with Gasteiger partial charge in [0, 0.05) is 37.6 Å². The van der Waals surface area contributed by atoms with Crippen LogP contribution in [0.15, 0.2) is 54.6 Å². The molecule has 1 aliphatic rings. The smallest absolute Gasteiger partial charge is 0.291 e. The van der Waals surface area contributed by atoms with Gasteiger partial charge in [0.15, 0.2) is 5.97 Å². The monoisotopic (exact) mass is 651 g/mol. The first-order valence-electron chi connectivity index (χ1n) is 11.7. The SMILES string of the molecule is COC(=O)C=[C-]CC(=O)OC.NC(=O)c1ccccc1P.O=C(NC1CCCCC1)c1ccccc1P.[Pd]. The minimum Gasteiger partial charge on any atom is -0.550 e. The van der Waals surface area contributed by atoms with Crippen LogP contribution in [-0.2, 0) is 39.5 Å². The van der Waals surface area contributed by atoms with E-state index in [9.17, 15) is 19.2 Å². The number of hydrogen-bond donors (Lipinski definition) is 2. The van der Waals surface area contributed by atoms with Gasteiger partial charge in [-0.25, -0.2) is 0 Å². The van der Waals surface area contributed by atoms with Crippen molar-refractivity contribution in [2.75, 3.05) is 14.2 Å². The molecule has 2 atom stereocenters. The first-order valence-corrected chi connectivity index (χ1v) is 12.9. The van der Waals surface area contributed by atoms with Crippen LogP contribution in [0.1, 0.15) is 59.2 Å². The van der Waals surface area contributed by atoms with Gasteiger partial charge in [0.25, 0.3) is 11.9 Å². The third-order valence-electron chi connectivity index (χ3n) is 5.27. The molecule has 3 rings (SSSR count). The molecule has 1 fully saturated rings. The van der Waals surface area contributed by atoms with Gasteiger partial charge < -0.3 is 25.3 Å². The van der Waals surface area contributed by atoms with Crippen molar-refractivity contribution in [3.8, 4) is 0 Å². The van der Waals surface area contributed by atoms with E-state index in [0.29, 0.717) is 11.6 Å². The van der Waals surface area contributed by atoms with Crippen molar-refractivity contribution in [2.45, 2.75) is 44.6 Å². The molecule has 0 aromatic heterocycles. The minimum atomic E-state index is -0.533. The Morgan fingerprint density at radius 2 is 1.45 bits per heavy atom. The molecule has 38 heavy (non-hydrogen) atoms. The van der Waals surface area contributed by atoms with Crippen molar-refractivity contribution >= 4 is 52.8 Å². The number of primary amides is 1. The normalized spacial score (nSPS) is 12.4. The summed E-state index contributed by atoms with van der Waals surface area (Å²) in [7, 11) is 7.58. The predicted molar refractivity (Wildman–Crippen MR) is 151 cm³/mol. The second-order valence-electron chi connectivity index (χ2n) is 7.97. The molecule has 1 saturated carbocycles. The number of amides is 2. The third kappa shape index (κ3) is 14.5. The molecule has 3 N–H and O–H groups in total. The van der Waals surface area contributed by atoms with E-state index >= 15 is 0 Å². The van der Waals surface area contributed by atoms with Gasteiger partial charge in [-0.1, -0.05) is 55.7 Å². The number of hydrogen-bond acceptors (Lipinski definition) is 6. The number of ether oxygens (including phenoxy) is 2. The molecule has 2 aromatic carbocycles. The zero-order chi connectivity index (χ0) is 27.6. The molecule has 0 aliphatic heterocycles. The summed E-state index contributed by atoms with van der Waals surface area (Å²) in [5.74, 6) is -1.29. The number of methoxy groups -OCH3 is 2. The number of esters is 2. The molecule has 8 nitrogen and oxygen atoms in total. The summed E-state index contributed by atoms with van der Waals surface area (Å²) in [6.07, 6.45) is 9.49. The van der Waals surface area contributed by atoms with Gasteiger partial charge in [0.1, 0.15) is 0 Å². The van der Waals surface area contributed by atoms with Gasteiger partial charge in [-0.3, -0.25) is 20.5 Å². The van der Waals surface area contributed by atoms with Gasteiger partial charge in [0.05, 0.1) is 14.2 Å². The molecule has 2 unspecified atom stereocenters. The second-order valence-corrected chi connectivity index (χ2v) is 9.22. The van der Waals surface area contributed by atoms with E-state index in [1.54, 1.807) is 12.1 Å². The topological polar surface area (TPSA) is 125 Å². The van der Waals surface area contributed by atoms with E-state index < -0.39 is 11.9 Å². The van der Waals surface area contributed by atoms with Crippen LogP contribution in [0.4, 0.5) is 0 Å². The Morgan fingerprint density at radius 1 is 0.921 bits per heavy atom. The van der Waals surface area contributed by atoms with Crippen LogP contribution in [-0.4, -0.2) is 44.0 Å². The largest absolute Gasteiger partial charge is 0.550 e. The predicted octanol–water partition coefficient (Wildman–Crippen LogP) is 2.61. The molecule has 0 saturated heterocycles. The maximum Gasteiger partial charge on any atom is 0.291 e. The van der Waals surface area contributed by atoms with Crippen LogP contribution in [0.25, 0.3) is 0 Å². The molecule has 0 radical (unpaired) electrons. The fourth-order valence-electron chi connectivity index (χ4n) is 3.28. The third-order valence-corrected chi connectivity index (χ3v) is 6.27. The van der Waals surface area contributed by atoms with Crippen LogP contribution < -0.4 is 21.7 Å². The van der Waals surface area contributed by atoms with Crippen molar-refractivity contribution < 1.29 is 49.1 Å². The summed E-state index contributed by atoms with van der Waals surface area (Å²) in [6, 6.07) is 15.2. The Bertz CT molecular complexity index is 1080. The van der Waals surface area contributed by atoms with Crippen molar-refractivity contribution in [1.29, 1.82) is 0 Å². The second kappa shape index (κ2) is 20.5. The van der Waals surface area contributed by atoms with Crippen LogP contribution in [0.3, 0.4) is 0 Å². The van der Waals surface area contributed by atoms with E-state index in [0.717, 1.165) is 35.1 Å². The van der Waals surface area contributed by atoms with Crippen LogP contribution in [0.5, 0.6) is 0 Å². The van der Waals surface area contributed by atoms with E-state index in [2.05, 4.69) is 39.3 Å². The maximum absolute atomic E-state index is 12.0. The summed E-state index contributed by atoms with van der Waals surface area (Å²) in [5, 5.41) is 4.93. The van der Waals surface area contributed by atoms with E-state index in [-0.39, 0.29) is 38.7 Å². The summed E-state index contributed by atoms with van der Waals surface area (Å²) in [4.78, 5) is 43.5. The number of rotatable bonds is 6. The molecule has 0 bridgehead atoms. The van der Waals surface area contributed by atoms with Crippen molar-refractivity contribution in [2.24, 2.45) is 5.73 Å². The maximum atomic E-state index is 12.0. The zero-order valence-electron chi connectivity index (χ0n) is 21.5. The molecule has 210 valence electrons. The summed E-state index contributed by atoms with van der Waals surface area (Å²) in [6.45, 7) is 0. The number of nitrogens with two attached hydrogens (primary N) is 1. The molecule has 0 spiro atoms. The molecular formula is C27H35N2O6P2Pd-. The molecule has 2 amide bonds. The number of carbonyl (C=O) groups is 4. The number of carbonyl (C=O) groups excluding carboxylic acids is 4. The van der Waals surface area contributed by atoms with E-state index in [4.69, 9.17) is 5.73 Å². The van der Waals surface area contributed by atoms with Crippen LogP contribution in [0, 0.1) is 6.08 Å². The Hall–Kier alpha value is -2.42. The minimum absolute atomic E-state index is 0. The Labute approximate surface area is 242 Å². The number of benzene rings is 2. The quantitative estimate of drug-likeness (QED) is 0.163. The Kier molecular flexibility index (Phi) is 19.2. The Balaban J connectivity index is 0.000000555. The van der Waals surface area contributed by atoms with Gasteiger partial charge in [-0.05, 0) is 42.0 Å². The van der Waals surface area contributed by atoms with E-state index in [1.165, 1.54) is 33.5 Å². The van der Waals surface area contributed by atoms with Gasteiger partial charge in [0.2, 0.25) is 5.91 Å². The van der Waals surface area contributed by atoms with Crippen molar-refractivity contribution in [3.63, 3.8) is 0 Å².